The number of fused-ring (bicyclic) bond motifs is 3. The van der Waals surface area contributed by atoms with Crippen LogP contribution in [0, 0.1) is 11.3 Å². The van der Waals surface area contributed by atoms with Crippen LogP contribution in [0.2, 0.25) is 0 Å². The standard InChI is InChI=1S/C32H33N5O/c33-19-23-6-8-25(9-7-23)20-36-15-12-27(13-16-36)34-32(38)26-10-11-30-28(18-26)29-22-37(17-14-31(29)35-30)21-24-4-2-1-3-5-24/h1-11,18,27,35H,12-17,20-22H2,(H,34,38). The van der Waals surface area contributed by atoms with E-state index in [1.54, 1.807) is 0 Å². The number of nitrogens with one attached hydrogen (secondary N) is 2. The minimum absolute atomic E-state index is 0.0179. The molecule has 1 aromatic heterocycles. The molecule has 0 radical (unpaired) electrons. The Bertz CT molecular complexity index is 1460. The summed E-state index contributed by atoms with van der Waals surface area (Å²) in [6.45, 7) is 5.65. The number of hydrogen-bond acceptors (Lipinski definition) is 4. The first-order valence-electron chi connectivity index (χ1n) is 13.6. The molecule has 0 spiro atoms. The number of carbonyl (C=O) groups excluding carboxylic acids is 1. The van der Waals surface area contributed by atoms with Gasteiger partial charge in [-0.15, -0.1) is 0 Å². The van der Waals surface area contributed by atoms with Crippen LogP contribution in [-0.2, 0) is 26.1 Å². The van der Waals surface area contributed by atoms with Crippen molar-refractivity contribution in [2.75, 3.05) is 19.6 Å². The molecule has 6 nitrogen and oxygen atoms in total. The summed E-state index contributed by atoms with van der Waals surface area (Å²) in [5, 5.41) is 13.4. The second-order valence-corrected chi connectivity index (χ2v) is 10.6. The van der Waals surface area contributed by atoms with Gasteiger partial charge in [0.15, 0.2) is 0 Å². The Kier molecular flexibility index (Phi) is 6.96. The maximum Gasteiger partial charge on any atom is 0.251 e. The molecule has 1 amide bonds. The molecule has 1 fully saturated rings. The van der Waals surface area contributed by atoms with Crippen LogP contribution in [0.25, 0.3) is 10.9 Å². The van der Waals surface area contributed by atoms with Crippen LogP contribution in [0.3, 0.4) is 0 Å². The lowest BCUT2D eigenvalue weighted by Crippen LogP contribution is -2.44. The third-order valence-electron chi connectivity index (χ3n) is 7.98. The van der Waals surface area contributed by atoms with Crippen LogP contribution in [0.4, 0.5) is 0 Å². The fourth-order valence-corrected chi connectivity index (χ4v) is 5.83. The Morgan fingerprint density at radius 2 is 1.66 bits per heavy atom. The highest BCUT2D eigenvalue weighted by atomic mass is 16.1. The zero-order valence-electron chi connectivity index (χ0n) is 21.6. The number of carbonyl (C=O) groups is 1. The second kappa shape index (κ2) is 10.8. The molecular formula is C32H33N5O. The molecule has 0 bridgehead atoms. The van der Waals surface area contributed by atoms with Crippen LogP contribution >= 0.6 is 0 Å². The fraction of sp³-hybridized carbons (Fsp3) is 0.312. The summed E-state index contributed by atoms with van der Waals surface area (Å²) in [6, 6.07) is 26.9. The first-order valence-corrected chi connectivity index (χ1v) is 13.6. The molecule has 2 aliphatic rings. The molecule has 6 rings (SSSR count). The highest BCUT2D eigenvalue weighted by Crippen LogP contribution is 2.29. The van der Waals surface area contributed by atoms with E-state index in [1.807, 2.05) is 30.3 Å². The summed E-state index contributed by atoms with van der Waals surface area (Å²) in [5.74, 6) is 0.0179. The lowest BCUT2D eigenvalue weighted by molar-refractivity contribution is 0.0909. The summed E-state index contributed by atoms with van der Waals surface area (Å²) in [7, 11) is 0. The van der Waals surface area contributed by atoms with E-state index in [4.69, 9.17) is 5.26 Å². The molecule has 0 atom stereocenters. The zero-order valence-corrected chi connectivity index (χ0v) is 21.6. The number of hydrogen-bond donors (Lipinski definition) is 2. The highest BCUT2D eigenvalue weighted by molar-refractivity contribution is 5.99. The number of nitriles is 1. The van der Waals surface area contributed by atoms with Gasteiger partial charge in [-0.05, 0) is 59.9 Å². The number of likely N-dealkylation sites (tertiary alicyclic amines) is 1. The quantitative estimate of drug-likeness (QED) is 0.389. The molecule has 1 saturated heterocycles. The topological polar surface area (TPSA) is 75.2 Å². The number of benzene rings is 3. The molecular weight excluding hydrogens is 470 g/mol. The van der Waals surface area contributed by atoms with Gasteiger partial charge in [-0.2, -0.15) is 5.26 Å². The van der Waals surface area contributed by atoms with E-state index in [0.717, 1.165) is 69.6 Å². The molecule has 2 N–H and O–H groups in total. The number of amides is 1. The van der Waals surface area contributed by atoms with Crippen LogP contribution in [0.5, 0.6) is 0 Å². The zero-order chi connectivity index (χ0) is 25.9. The molecule has 38 heavy (non-hydrogen) atoms. The summed E-state index contributed by atoms with van der Waals surface area (Å²) >= 11 is 0. The van der Waals surface area contributed by atoms with Crippen LogP contribution < -0.4 is 5.32 Å². The third-order valence-corrected chi connectivity index (χ3v) is 7.98. The van der Waals surface area contributed by atoms with Crippen molar-refractivity contribution < 1.29 is 4.79 Å². The van der Waals surface area contributed by atoms with Gasteiger partial charge in [0.1, 0.15) is 0 Å². The van der Waals surface area contributed by atoms with E-state index in [-0.39, 0.29) is 11.9 Å². The average Bonchev–Trinajstić information content (AvgIpc) is 3.32. The molecule has 0 unspecified atom stereocenters. The molecule has 6 heteroatoms. The number of nitrogens with zero attached hydrogens (tertiary/aromatic N) is 3. The van der Waals surface area contributed by atoms with E-state index >= 15 is 0 Å². The minimum Gasteiger partial charge on any atom is -0.358 e. The normalized spacial score (nSPS) is 16.7. The SMILES string of the molecule is N#Cc1ccc(CN2CCC(NC(=O)c3ccc4[nH]c5c(c4c3)CN(Cc3ccccc3)CC5)CC2)cc1. The van der Waals surface area contributed by atoms with Crippen molar-refractivity contribution in [2.45, 2.75) is 44.9 Å². The van der Waals surface area contributed by atoms with Crippen molar-refractivity contribution in [1.82, 2.24) is 20.1 Å². The minimum atomic E-state index is 0.0179. The smallest absolute Gasteiger partial charge is 0.251 e. The van der Waals surface area contributed by atoms with E-state index in [2.05, 4.69) is 68.6 Å². The van der Waals surface area contributed by atoms with Crippen molar-refractivity contribution in [1.29, 1.82) is 5.26 Å². The van der Waals surface area contributed by atoms with Gasteiger partial charge in [-0.3, -0.25) is 14.6 Å². The van der Waals surface area contributed by atoms with Gasteiger partial charge in [0.05, 0.1) is 11.6 Å². The molecule has 0 aliphatic carbocycles. The Labute approximate surface area is 223 Å². The predicted molar refractivity (Wildman–Crippen MR) is 149 cm³/mol. The summed E-state index contributed by atoms with van der Waals surface area (Å²) in [4.78, 5) is 21.7. The predicted octanol–water partition coefficient (Wildman–Crippen LogP) is 4.99. The van der Waals surface area contributed by atoms with Gasteiger partial charge >= 0.3 is 0 Å². The molecule has 3 aromatic carbocycles. The Morgan fingerprint density at radius 1 is 0.921 bits per heavy atom. The molecule has 4 aromatic rings. The number of piperidine rings is 1. The van der Waals surface area contributed by atoms with Crippen LogP contribution in [0.1, 0.15) is 51.1 Å². The van der Waals surface area contributed by atoms with Crippen molar-refractivity contribution in [3.63, 3.8) is 0 Å². The highest BCUT2D eigenvalue weighted by Gasteiger charge is 2.24. The van der Waals surface area contributed by atoms with E-state index < -0.39 is 0 Å². The summed E-state index contributed by atoms with van der Waals surface area (Å²) < 4.78 is 0. The number of H-pyrrole nitrogens is 1. The number of aromatic amines is 1. The fourth-order valence-electron chi connectivity index (χ4n) is 5.83. The first kappa shape index (κ1) is 24.4. The molecule has 0 saturated carbocycles. The van der Waals surface area contributed by atoms with Gasteiger partial charge < -0.3 is 10.3 Å². The van der Waals surface area contributed by atoms with Crippen LogP contribution in [-0.4, -0.2) is 46.4 Å². The molecule has 192 valence electrons. The van der Waals surface area contributed by atoms with E-state index in [1.165, 1.54) is 27.8 Å². The largest absolute Gasteiger partial charge is 0.358 e. The van der Waals surface area contributed by atoms with E-state index in [9.17, 15) is 4.79 Å². The number of rotatable bonds is 6. The van der Waals surface area contributed by atoms with Gasteiger partial charge in [0.2, 0.25) is 0 Å². The Balaban J connectivity index is 1.07. The van der Waals surface area contributed by atoms with Crippen molar-refractivity contribution in [2.24, 2.45) is 0 Å². The van der Waals surface area contributed by atoms with Crippen LogP contribution in [0.15, 0.2) is 72.8 Å². The first-order chi connectivity index (χ1) is 18.6. The maximum absolute atomic E-state index is 13.2. The van der Waals surface area contributed by atoms with Gasteiger partial charge in [0.25, 0.3) is 5.91 Å². The summed E-state index contributed by atoms with van der Waals surface area (Å²) in [5.41, 5.74) is 7.72. The average molecular weight is 504 g/mol. The molecule has 3 heterocycles. The Morgan fingerprint density at radius 3 is 2.42 bits per heavy atom. The summed E-state index contributed by atoms with van der Waals surface area (Å²) in [6.07, 6.45) is 2.88. The van der Waals surface area contributed by atoms with Crippen molar-refractivity contribution in [3.05, 3.63) is 106 Å². The van der Waals surface area contributed by atoms with Crippen molar-refractivity contribution >= 4 is 16.8 Å². The maximum atomic E-state index is 13.2. The van der Waals surface area contributed by atoms with Gasteiger partial charge in [-0.25, -0.2) is 0 Å². The third kappa shape index (κ3) is 5.35. The second-order valence-electron chi connectivity index (χ2n) is 10.6. The van der Waals surface area contributed by atoms with E-state index in [0.29, 0.717) is 5.56 Å². The van der Waals surface area contributed by atoms with Gasteiger partial charge in [0, 0.05) is 73.9 Å². The lowest BCUT2D eigenvalue weighted by atomic mass is 10.0. The van der Waals surface area contributed by atoms with Crippen molar-refractivity contribution in [3.8, 4) is 6.07 Å². The number of aromatic nitrogens is 1. The lowest BCUT2D eigenvalue weighted by Gasteiger charge is -2.32. The Hall–Kier alpha value is -3.92. The van der Waals surface area contributed by atoms with Gasteiger partial charge in [-0.1, -0.05) is 42.5 Å². The molecule has 2 aliphatic heterocycles. The monoisotopic (exact) mass is 503 g/mol.